The van der Waals surface area contributed by atoms with Gasteiger partial charge in [0.1, 0.15) is 5.75 Å². The van der Waals surface area contributed by atoms with Crippen LogP contribution in [0.25, 0.3) is 0 Å². The number of phenols is 1. The van der Waals surface area contributed by atoms with E-state index in [1.165, 1.54) is 0 Å². The van der Waals surface area contributed by atoms with Crippen molar-refractivity contribution in [3.8, 4) is 5.75 Å². The molecule has 1 aliphatic heterocycles. The van der Waals surface area contributed by atoms with Gasteiger partial charge in [-0.3, -0.25) is 4.79 Å². The van der Waals surface area contributed by atoms with E-state index in [0.29, 0.717) is 11.5 Å². The molecule has 2 unspecified atom stereocenters. The lowest BCUT2D eigenvalue weighted by Crippen LogP contribution is -2.44. The van der Waals surface area contributed by atoms with E-state index in [1.807, 2.05) is 11.8 Å². The third-order valence-electron chi connectivity index (χ3n) is 3.86. The Kier molecular flexibility index (Phi) is 3.60. The second-order valence-electron chi connectivity index (χ2n) is 5.48. The molecule has 3 nitrogen and oxygen atoms in total. The summed E-state index contributed by atoms with van der Waals surface area (Å²) < 4.78 is 0. The lowest BCUT2D eigenvalue weighted by atomic mass is 9.93. The second kappa shape index (κ2) is 5.01. The highest BCUT2D eigenvalue weighted by Gasteiger charge is 2.27. The Morgan fingerprint density at radius 3 is 2.72 bits per heavy atom. The van der Waals surface area contributed by atoms with Crippen molar-refractivity contribution in [2.45, 2.75) is 39.7 Å². The van der Waals surface area contributed by atoms with Crippen LogP contribution in [0.2, 0.25) is 0 Å². The first-order valence-electron chi connectivity index (χ1n) is 6.59. The molecule has 0 radical (unpaired) electrons. The molecular formula is C15H21NO2. The first-order chi connectivity index (χ1) is 8.49. The Morgan fingerprint density at radius 1 is 1.39 bits per heavy atom. The van der Waals surface area contributed by atoms with Crippen LogP contribution in [0, 0.1) is 12.8 Å². The van der Waals surface area contributed by atoms with Crippen molar-refractivity contribution in [2.75, 3.05) is 6.54 Å². The number of aromatic hydroxyl groups is 1. The van der Waals surface area contributed by atoms with Crippen LogP contribution in [0.5, 0.6) is 5.75 Å². The van der Waals surface area contributed by atoms with Gasteiger partial charge in [-0.25, -0.2) is 0 Å². The van der Waals surface area contributed by atoms with Gasteiger partial charge in [0.05, 0.1) is 0 Å². The zero-order valence-electron chi connectivity index (χ0n) is 11.3. The zero-order chi connectivity index (χ0) is 13.3. The first-order valence-corrected chi connectivity index (χ1v) is 6.59. The molecule has 0 spiro atoms. The van der Waals surface area contributed by atoms with Crippen molar-refractivity contribution in [3.05, 3.63) is 29.3 Å². The lowest BCUT2D eigenvalue weighted by molar-refractivity contribution is 0.0588. The molecular weight excluding hydrogens is 226 g/mol. The Balaban J connectivity index is 2.18. The van der Waals surface area contributed by atoms with Gasteiger partial charge in [-0.15, -0.1) is 0 Å². The van der Waals surface area contributed by atoms with E-state index in [0.717, 1.165) is 24.9 Å². The maximum Gasteiger partial charge on any atom is 0.254 e. The molecule has 1 aliphatic rings. The summed E-state index contributed by atoms with van der Waals surface area (Å²) in [5.41, 5.74) is 1.38. The Hall–Kier alpha value is -1.51. The Labute approximate surface area is 108 Å². The normalized spacial score (nSPS) is 24.1. The second-order valence-corrected chi connectivity index (χ2v) is 5.48. The number of amides is 1. The third-order valence-corrected chi connectivity index (χ3v) is 3.86. The van der Waals surface area contributed by atoms with Gasteiger partial charge >= 0.3 is 0 Å². The highest BCUT2D eigenvalue weighted by molar-refractivity contribution is 5.95. The largest absolute Gasteiger partial charge is 0.508 e. The van der Waals surface area contributed by atoms with Gasteiger partial charge in [0.2, 0.25) is 0 Å². The molecule has 1 heterocycles. The molecule has 2 rings (SSSR count). The van der Waals surface area contributed by atoms with Crippen LogP contribution in [0.15, 0.2) is 18.2 Å². The fraction of sp³-hybridized carbons (Fsp3) is 0.533. The highest BCUT2D eigenvalue weighted by atomic mass is 16.3. The summed E-state index contributed by atoms with van der Waals surface area (Å²) in [6, 6.07) is 5.44. The third kappa shape index (κ3) is 2.50. The predicted molar refractivity (Wildman–Crippen MR) is 71.7 cm³/mol. The molecule has 0 aromatic heterocycles. The number of carbonyl (C=O) groups excluding carboxylic acids is 1. The predicted octanol–water partition coefficient (Wildman–Crippen LogP) is 2.96. The number of rotatable bonds is 1. The molecule has 0 aliphatic carbocycles. The van der Waals surface area contributed by atoms with E-state index >= 15 is 0 Å². The van der Waals surface area contributed by atoms with Gasteiger partial charge in [0.25, 0.3) is 5.91 Å². The number of nitrogens with zero attached hydrogens (tertiary/aromatic N) is 1. The van der Waals surface area contributed by atoms with Gasteiger partial charge < -0.3 is 10.0 Å². The molecule has 2 atom stereocenters. The Morgan fingerprint density at radius 2 is 2.11 bits per heavy atom. The van der Waals surface area contributed by atoms with Gasteiger partial charge in [-0.2, -0.15) is 0 Å². The number of aryl methyl sites for hydroxylation is 1. The zero-order valence-corrected chi connectivity index (χ0v) is 11.3. The van der Waals surface area contributed by atoms with Crippen molar-refractivity contribution < 1.29 is 9.90 Å². The summed E-state index contributed by atoms with van der Waals surface area (Å²) >= 11 is 0. The van der Waals surface area contributed by atoms with Crippen LogP contribution in [-0.2, 0) is 0 Å². The van der Waals surface area contributed by atoms with E-state index in [4.69, 9.17) is 0 Å². The van der Waals surface area contributed by atoms with Crippen LogP contribution in [0.1, 0.15) is 42.6 Å². The van der Waals surface area contributed by atoms with Crippen LogP contribution in [-0.4, -0.2) is 28.5 Å². The molecule has 98 valence electrons. The van der Waals surface area contributed by atoms with E-state index in [-0.39, 0.29) is 17.7 Å². The van der Waals surface area contributed by atoms with E-state index in [1.54, 1.807) is 18.2 Å². The van der Waals surface area contributed by atoms with E-state index in [2.05, 4.69) is 13.8 Å². The maximum absolute atomic E-state index is 12.4. The van der Waals surface area contributed by atoms with Crippen LogP contribution < -0.4 is 0 Å². The molecule has 1 N–H and O–H groups in total. The molecule has 1 saturated heterocycles. The minimum absolute atomic E-state index is 0.0321. The van der Waals surface area contributed by atoms with Gasteiger partial charge in [-0.1, -0.05) is 13.0 Å². The van der Waals surface area contributed by atoms with Gasteiger partial charge in [0, 0.05) is 18.2 Å². The number of benzene rings is 1. The molecule has 1 amide bonds. The number of carbonyl (C=O) groups is 1. The molecule has 1 aromatic carbocycles. The summed E-state index contributed by atoms with van der Waals surface area (Å²) in [7, 11) is 0. The summed E-state index contributed by atoms with van der Waals surface area (Å²) in [5, 5.41) is 9.68. The standard InChI is InChI=1S/C15H21NO2/c1-10-6-7-16(12(3)8-10)15(18)13-5-4-11(2)14(17)9-13/h4-5,9-10,12,17H,6-8H2,1-3H3. The van der Waals surface area contributed by atoms with Crippen molar-refractivity contribution in [3.63, 3.8) is 0 Å². The van der Waals surface area contributed by atoms with Crippen molar-refractivity contribution in [2.24, 2.45) is 5.92 Å². The number of piperidine rings is 1. The fourth-order valence-electron chi connectivity index (χ4n) is 2.62. The summed E-state index contributed by atoms with van der Waals surface area (Å²) in [4.78, 5) is 14.3. The van der Waals surface area contributed by atoms with Gasteiger partial charge in [0.15, 0.2) is 0 Å². The Bertz CT molecular complexity index is 456. The van der Waals surface area contributed by atoms with E-state index < -0.39 is 0 Å². The average Bonchev–Trinajstić information content (AvgIpc) is 2.32. The minimum atomic E-state index is 0.0321. The SMILES string of the molecule is Cc1ccc(C(=O)N2CCC(C)CC2C)cc1O. The monoisotopic (exact) mass is 247 g/mol. The molecule has 0 saturated carbocycles. The number of hydrogen-bond acceptors (Lipinski definition) is 2. The average molecular weight is 247 g/mol. The molecule has 1 fully saturated rings. The molecule has 3 heteroatoms. The number of hydrogen-bond donors (Lipinski definition) is 1. The molecule has 0 bridgehead atoms. The number of likely N-dealkylation sites (tertiary alicyclic amines) is 1. The van der Waals surface area contributed by atoms with Crippen molar-refractivity contribution >= 4 is 5.91 Å². The summed E-state index contributed by atoms with van der Waals surface area (Å²) in [5.74, 6) is 0.916. The quantitative estimate of drug-likeness (QED) is 0.828. The van der Waals surface area contributed by atoms with Crippen molar-refractivity contribution in [1.29, 1.82) is 0 Å². The van der Waals surface area contributed by atoms with Crippen LogP contribution in [0.3, 0.4) is 0 Å². The van der Waals surface area contributed by atoms with Gasteiger partial charge in [-0.05, 0) is 50.3 Å². The fourth-order valence-corrected chi connectivity index (χ4v) is 2.62. The maximum atomic E-state index is 12.4. The highest BCUT2D eigenvalue weighted by Crippen LogP contribution is 2.25. The smallest absolute Gasteiger partial charge is 0.254 e. The topological polar surface area (TPSA) is 40.5 Å². The summed E-state index contributed by atoms with van der Waals surface area (Å²) in [6.07, 6.45) is 2.12. The van der Waals surface area contributed by atoms with Crippen LogP contribution in [0.4, 0.5) is 0 Å². The van der Waals surface area contributed by atoms with Crippen molar-refractivity contribution in [1.82, 2.24) is 4.90 Å². The lowest BCUT2D eigenvalue weighted by Gasteiger charge is -2.36. The molecule has 18 heavy (non-hydrogen) atoms. The minimum Gasteiger partial charge on any atom is -0.508 e. The van der Waals surface area contributed by atoms with E-state index in [9.17, 15) is 9.90 Å². The van der Waals surface area contributed by atoms with Crippen LogP contribution >= 0.6 is 0 Å². The molecule has 1 aromatic rings. The number of phenolic OH excluding ortho intramolecular Hbond substituents is 1. The first kappa shape index (κ1) is 12.9. The summed E-state index contributed by atoms with van der Waals surface area (Å²) in [6.45, 7) is 6.97.